The highest BCUT2D eigenvalue weighted by molar-refractivity contribution is 5.87. The number of esters is 1. The van der Waals surface area contributed by atoms with E-state index in [1.54, 1.807) is 20.8 Å². The molecular weight excluding hydrogens is 300 g/mol. The largest absolute Gasteiger partial charge is 0.468 e. The molecule has 7 heteroatoms. The van der Waals surface area contributed by atoms with Gasteiger partial charge in [-0.1, -0.05) is 20.8 Å². The van der Waals surface area contributed by atoms with Gasteiger partial charge in [-0.15, -0.1) is 0 Å². The standard InChI is InChI=1S/C12H22N2O5.C4H10/c1-8(10(16)13-7-9(15)18-6)14(5)11(17)19-12(2,3)4;1-4(2)3/h8H,7H2,1-6H3,(H,13,16);4H,1-3H3. The first-order chi connectivity index (χ1) is 10.3. The number of nitrogens with one attached hydrogen (secondary N) is 1. The summed E-state index contributed by atoms with van der Waals surface area (Å²) in [6, 6.07) is -0.750. The average Bonchev–Trinajstić information content (AvgIpc) is 2.40. The van der Waals surface area contributed by atoms with Gasteiger partial charge in [0.05, 0.1) is 7.11 Å². The van der Waals surface area contributed by atoms with Gasteiger partial charge in [-0.3, -0.25) is 14.5 Å². The fraction of sp³-hybridized carbons (Fsp3) is 0.812. The number of likely N-dealkylation sites (N-methyl/N-ethyl adjacent to an activating group) is 1. The molecular formula is C16H32N2O5. The maximum absolute atomic E-state index is 11.7. The zero-order valence-electron chi connectivity index (χ0n) is 15.9. The predicted octanol–water partition coefficient (Wildman–Crippen LogP) is 2.19. The number of hydrogen-bond donors (Lipinski definition) is 1. The summed E-state index contributed by atoms with van der Waals surface area (Å²) in [7, 11) is 2.68. The molecule has 0 aromatic heterocycles. The van der Waals surface area contributed by atoms with Crippen LogP contribution in [0.25, 0.3) is 0 Å². The zero-order chi connectivity index (χ0) is 18.8. The fourth-order valence-electron chi connectivity index (χ4n) is 1.05. The topological polar surface area (TPSA) is 84.9 Å². The molecule has 0 bridgehead atoms. The van der Waals surface area contributed by atoms with E-state index in [2.05, 4.69) is 30.8 Å². The lowest BCUT2D eigenvalue weighted by molar-refractivity contribution is -0.141. The fourth-order valence-corrected chi connectivity index (χ4v) is 1.05. The summed E-state index contributed by atoms with van der Waals surface area (Å²) in [5, 5.41) is 2.37. The number of amides is 2. The zero-order valence-corrected chi connectivity index (χ0v) is 15.9. The highest BCUT2D eigenvalue weighted by atomic mass is 16.6. The molecule has 136 valence electrons. The number of methoxy groups -OCH3 is 1. The molecule has 0 rings (SSSR count). The summed E-state index contributed by atoms with van der Waals surface area (Å²) >= 11 is 0. The second kappa shape index (κ2) is 10.9. The molecule has 7 nitrogen and oxygen atoms in total. The van der Waals surface area contributed by atoms with Crippen LogP contribution >= 0.6 is 0 Å². The molecule has 0 aromatic rings. The van der Waals surface area contributed by atoms with Crippen molar-refractivity contribution in [2.75, 3.05) is 20.7 Å². The van der Waals surface area contributed by atoms with Gasteiger partial charge >= 0.3 is 12.1 Å². The Morgan fingerprint density at radius 3 is 1.87 bits per heavy atom. The van der Waals surface area contributed by atoms with Gasteiger partial charge in [-0.05, 0) is 33.6 Å². The van der Waals surface area contributed by atoms with Gasteiger partial charge in [0.2, 0.25) is 5.91 Å². The third-order valence-corrected chi connectivity index (χ3v) is 2.28. The molecule has 0 heterocycles. The van der Waals surface area contributed by atoms with Crippen LogP contribution in [-0.4, -0.2) is 55.2 Å². The Bertz CT molecular complexity index is 386. The summed E-state index contributed by atoms with van der Waals surface area (Å²) in [4.78, 5) is 35.5. The van der Waals surface area contributed by atoms with Crippen LogP contribution in [0, 0.1) is 5.92 Å². The maximum Gasteiger partial charge on any atom is 0.410 e. The Balaban J connectivity index is 0. The van der Waals surface area contributed by atoms with E-state index >= 15 is 0 Å². The second-order valence-electron chi connectivity index (χ2n) is 6.79. The van der Waals surface area contributed by atoms with Crippen LogP contribution in [0.5, 0.6) is 0 Å². The molecule has 0 aromatic carbocycles. The van der Waals surface area contributed by atoms with Gasteiger partial charge in [0.15, 0.2) is 0 Å². The molecule has 0 radical (unpaired) electrons. The Morgan fingerprint density at radius 2 is 1.52 bits per heavy atom. The van der Waals surface area contributed by atoms with Crippen LogP contribution in [0.1, 0.15) is 48.5 Å². The molecule has 2 amide bonds. The molecule has 1 atom stereocenters. The van der Waals surface area contributed by atoms with Crippen LogP contribution in [0.3, 0.4) is 0 Å². The first-order valence-corrected chi connectivity index (χ1v) is 7.62. The molecule has 1 unspecified atom stereocenters. The van der Waals surface area contributed by atoms with Gasteiger partial charge in [0, 0.05) is 7.05 Å². The van der Waals surface area contributed by atoms with Gasteiger partial charge in [0.1, 0.15) is 18.2 Å². The summed E-state index contributed by atoms with van der Waals surface area (Å²) in [6.07, 6.45) is -0.604. The van der Waals surface area contributed by atoms with E-state index in [1.165, 1.54) is 21.1 Å². The lowest BCUT2D eigenvalue weighted by Crippen LogP contribution is -2.48. The maximum atomic E-state index is 11.7. The Hall–Kier alpha value is -1.79. The van der Waals surface area contributed by atoms with Crippen molar-refractivity contribution in [2.45, 2.75) is 60.1 Å². The van der Waals surface area contributed by atoms with E-state index in [0.717, 1.165) is 10.8 Å². The number of nitrogens with zero attached hydrogens (tertiary/aromatic N) is 1. The van der Waals surface area contributed by atoms with Crippen LogP contribution in [0.4, 0.5) is 4.79 Å². The van der Waals surface area contributed by atoms with Gasteiger partial charge in [-0.2, -0.15) is 0 Å². The van der Waals surface area contributed by atoms with Crippen molar-refractivity contribution in [1.29, 1.82) is 0 Å². The number of carbonyl (C=O) groups excluding carboxylic acids is 3. The number of rotatable bonds is 4. The minimum Gasteiger partial charge on any atom is -0.468 e. The molecule has 1 N–H and O–H groups in total. The summed E-state index contributed by atoms with van der Waals surface area (Å²) in [5.74, 6) is -0.181. The first kappa shape index (κ1) is 23.5. The minimum absolute atomic E-state index is 0.234. The number of ether oxygens (including phenoxy) is 2. The van der Waals surface area contributed by atoms with Crippen molar-refractivity contribution >= 4 is 18.0 Å². The molecule has 0 fully saturated rings. The first-order valence-electron chi connectivity index (χ1n) is 7.62. The molecule has 0 saturated carbocycles. The smallest absolute Gasteiger partial charge is 0.410 e. The monoisotopic (exact) mass is 332 g/mol. The van der Waals surface area contributed by atoms with E-state index in [0.29, 0.717) is 0 Å². The van der Waals surface area contributed by atoms with Crippen molar-refractivity contribution in [3.63, 3.8) is 0 Å². The average molecular weight is 332 g/mol. The minimum atomic E-state index is -0.750. The van der Waals surface area contributed by atoms with Crippen molar-refractivity contribution in [3.05, 3.63) is 0 Å². The molecule has 0 saturated heterocycles. The van der Waals surface area contributed by atoms with Crippen LogP contribution in [0.2, 0.25) is 0 Å². The van der Waals surface area contributed by atoms with Gasteiger partial charge < -0.3 is 14.8 Å². The normalized spacial score (nSPS) is 11.7. The third kappa shape index (κ3) is 13.6. The lowest BCUT2D eigenvalue weighted by atomic mass is 10.2. The van der Waals surface area contributed by atoms with Crippen LogP contribution < -0.4 is 5.32 Å². The Morgan fingerprint density at radius 1 is 1.09 bits per heavy atom. The van der Waals surface area contributed by atoms with E-state index in [1.807, 2.05) is 0 Å². The van der Waals surface area contributed by atoms with Crippen molar-refractivity contribution < 1.29 is 23.9 Å². The lowest BCUT2D eigenvalue weighted by Gasteiger charge is -2.27. The van der Waals surface area contributed by atoms with Gasteiger partial charge in [-0.25, -0.2) is 4.79 Å². The molecule has 0 aliphatic heterocycles. The quantitative estimate of drug-likeness (QED) is 0.798. The number of carbonyl (C=O) groups is 3. The van der Waals surface area contributed by atoms with Crippen molar-refractivity contribution in [1.82, 2.24) is 10.2 Å². The third-order valence-electron chi connectivity index (χ3n) is 2.28. The molecule has 0 aliphatic carbocycles. The highest BCUT2D eigenvalue weighted by Crippen LogP contribution is 2.10. The second-order valence-corrected chi connectivity index (χ2v) is 6.79. The predicted molar refractivity (Wildman–Crippen MR) is 89.0 cm³/mol. The molecule has 0 spiro atoms. The van der Waals surface area contributed by atoms with Crippen LogP contribution in [0.15, 0.2) is 0 Å². The number of hydrogen-bond acceptors (Lipinski definition) is 5. The van der Waals surface area contributed by atoms with Gasteiger partial charge in [0.25, 0.3) is 0 Å². The summed E-state index contributed by atoms with van der Waals surface area (Å²) in [6.45, 7) is 13.0. The molecule has 0 aliphatic rings. The van der Waals surface area contributed by atoms with E-state index in [4.69, 9.17) is 4.74 Å². The van der Waals surface area contributed by atoms with Crippen molar-refractivity contribution in [3.8, 4) is 0 Å². The molecule has 23 heavy (non-hydrogen) atoms. The van der Waals surface area contributed by atoms with E-state index < -0.39 is 29.6 Å². The Kier molecular flexibility index (Phi) is 11.1. The summed E-state index contributed by atoms with van der Waals surface area (Å²) in [5.41, 5.74) is -0.631. The Labute approximate surface area is 139 Å². The van der Waals surface area contributed by atoms with Crippen LogP contribution in [-0.2, 0) is 19.1 Å². The van der Waals surface area contributed by atoms with Crippen molar-refractivity contribution in [2.24, 2.45) is 5.92 Å². The summed E-state index contributed by atoms with van der Waals surface area (Å²) < 4.78 is 9.53. The highest BCUT2D eigenvalue weighted by Gasteiger charge is 2.26. The van der Waals surface area contributed by atoms with E-state index in [-0.39, 0.29) is 6.54 Å². The van der Waals surface area contributed by atoms with E-state index in [9.17, 15) is 14.4 Å². The SMILES string of the molecule is CC(C)C.COC(=O)CNC(=O)C(C)N(C)C(=O)OC(C)(C)C.